The SMILES string of the molecule is CSC(NCC(C)C)=[N+]1CCC(C)CC1.[I-]. The second-order valence-electron chi connectivity index (χ2n) is 4.95. The largest absolute Gasteiger partial charge is 1.00 e. The van der Waals surface area contributed by atoms with Crippen LogP contribution >= 0.6 is 11.8 Å². The van der Waals surface area contributed by atoms with Crippen molar-refractivity contribution in [2.75, 3.05) is 25.9 Å². The molecule has 0 radical (unpaired) electrons. The fraction of sp³-hybridized carbons (Fsp3) is 0.917. The second kappa shape index (κ2) is 8.61. The Kier molecular flexibility index (Phi) is 8.91. The van der Waals surface area contributed by atoms with E-state index in [-0.39, 0.29) is 24.0 Å². The molecular weight excluding hydrogens is 331 g/mol. The lowest BCUT2D eigenvalue weighted by atomic mass is 10.0. The van der Waals surface area contributed by atoms with Gasteiger partial charge in [-0.15, -0.1) is 0 Å². The minimum atomic E-state index is 0. The van der Waals surface area contributed by atoms with Crippen LogP contribution in [-0.2, 0) is 0 Å². The van der Waals surface area contributed by atoms with Crippen LogP contribution in [0.4, 0.5) is 0 Å². The molecule has 0 aromatic carbocycles. The molecule has 1 heterocycles. The first-order valence-corrected chi connectivity index (χ1v) is 7.25. The molecule has 1 N–H and O–H groups in total. The molecule has 0 aromatic rings. The highest BCUT2D eigenvalue weighted by Crippen LogP contribution is 2.14. The Bertz CT molecular complexity index is 219. The molecule has 1 saturated heterocycles. The van der Waals surface area contributed by atoms with Crippen molar-refractivity contribution in [3.63, 3.8) is 0 Å². The molecule has 0 bridgehead atoms. The predicted molar refractivity (Wildman–Crippen MR) is 69.8 cm³/mol. The molecule has 96 valence electrons. The molecule has 0 amide bonds. The van der Waals surface area contributed by atoms with Crippen LogP contribution in [0.15, 0.2) is 0 Å². The molecule has 1 fully saturated rings. The maximum Gasteiger partial charge on any atom is 0.305 e. The van der Waals surface area contributed by atoms with E-state index < -0.39 is 0 Å². The molecule has 1 aliphatic heterocycles. The summed E-state index contributed by atoms with van der Waals surface area (Å²) in [4.78, 5) is 0. The lowest BCUT2D eigenvalue weighted by Crippen LogP contribution is -3.00. The molecular formula is C12H25IN2S. The normalized spacial score (nSPS) is 20.6. The Labute approximate surface area is 122 Å². The van der Waals surface area contributed by atoms with E-state index >= 15 is 0 Å². The van der Waals surface area contributed by atoms with Crippen molar-refractivity contribution in [1.82, 2.24) is 5.32 Å². The van der Waals surface area contributed by atoms with Crippen molar-refractivity contribution in [2.45, 2.75) is 33.6 Å². The topological polar surface area (TPSA) is 15.0 Å². The van der Waals surface area contributed by atoms with Crippen molar-refractivity contribution < 1.29 is 28.6 Å². The van der Waals surface area contributed by atoms with Crippen molar-refractivity contribution in [3.05, 3.63) is 0 Å². The van der Waals surface area contributed by atoms with Gasteiger partial charge in [0, 0.05) is 0 Å². The smallest absolute Gasteiger partial charge is 0.305 e. The van der Waals surface area contributed by atoms with Crippen LogP contribution in [0, 0.1) is 11.8 Å². The van der Waals surface area contributed by atoms with E-state index in [0.29, 0.717) is 0 Å². The summed E-state index contributed by atoms with van der Waals surface area (Å²) in [5, 5.41) is 4.93. The Morgan fingerprint density at radius 3 is 2.38 bits per heavy atom. The molecule has 0 atom stereocenters. The molecule has 2 nitrogen and oxygen atoms in total. The van der Waals surface area contributed by atoms with E-state index in [0.717, 1.165) is 18.4 Å². The maximum atomic E-state index is 3.56. The molecule has 0 saturated carbocycles. The van der Waals surface area contributed by atoms with Crippen LogP contribution in [0.2, 0.25) is 0 Å². The second-order valence-corrected chi connectivity index (χ2v) is 5.75. The van der Waals surface area contributed by atoms with E-state index in [2.05, 4.69) is 36.9 Å². The molecule has 1 aliphatic rings. The summed E-state index contributed by atoms with van der Waals surface area (Å²) >= 11 is 1.85. The average Bonchev–Trinajstić information content (AvgIpc) is 2.21. The number of piperidine rings is 1. The van der Waals surface area contributed by atoms with E-state index in [1.165, 1.54) is 31.1 Å². The van der Waals surface area contributed by atoms with Crippen molar-refractivity contribution in [1.29, 1.82) is 0 Å². The maximum absolute atomic E-state index is 3.56. The zero-order valence-corrected chi connectivity index (χ0v) is 13.9. The van der Waals surface area contributed by atoms with Crippen LogP contribution in [0.5, 0.6) is 0 Å². The molecule has 4 heteroatoms. The third-order valence-corrected chi connectivity index (χ3v) is 3.71. The van der Waals surface area contributed by atoms with Gasteiger partial charge in [-0.3, -0.25) is 9.89 Å². The molecule has 0 aliphatic carbocycles. The number of halogens is 1. The number of hydrogen-bond donors (Lipinski definition) is 1. The Morgan fingerprint density at radius 2 is 1.94 bits per heavy atom. The summed E-state index contributed by atoms with van der Waals surface area (Å²) < 4.78 is 2.51. The lowest BCUT2D eigenvalue weighted by Gasteiger charge is -2.21. The fourth-order valence-electron chi connectivity index (χ4n) is 1.82. The van der Waals surface area contributed by atoms with E-state index in [9.17, 15) is 0 Å². The minimum Gasteiger partial charge on any atom is -1.00 e. The van der Waals surface area contributed by atoms with Gasteiger partial charge < -0.3 is 24.0 Å². The number of rotatable bonds is 2. The standard InChI is InChI=1S/C12H24N2S.HI/c1-10(2)9-13-12(15-4)14-7-5-11(3)6-8-14;/h10-11H,5-9H2,1-4H3;1H. The first-order chi connectivity index (χ1) is 7.13. The van der Waals surface area contributed by atoms with Crippen molar-refractivity contribution in [3.8, 4) is 0 Å². The monoisotopic (exact) mass is 356 g/mol. The van der Waals surface area contributed by atoms with Gasteiger partial charge in [-0.05, 0) is 42.7 Å². The molecule has 0 spiro atoms. The summed E-state index contributed by atoms with van der Waals surface area (Å²) in [5.41, 5.74) is 0. The predicted octanol–water partition coefficient (Wildman–Crippen LogP) is -0.603. The fourth-order valence-corrected chi connectivity index (χ4v) is 2.48. The minimum absolute atomic E-state index is 0. The Morgan fingerprint density at radius 1 is 1.38 bits per heavy atom. The molecule has 0 aromatic heterocycles. The average molecular weight is 356 g/mol. The van der Waals surface area contributed by atoms with Gasteiger partial charge >= 0.3 is 5.17 Å². The van der Waals surface area contributed by atoms with Crippen LogP contribution < -0.4 is 29.3 Å². The van der Waals surface area contributed by atoms with Crippen LogP contribution in [-0.4, -0.2) is 35.6 Å². The first kappa shape index (κ1) is 16.6. The third-order valence-electron chi connectivity index (χ3n) is 2.93. The summed E-state index contributed by atoms with van der Waals surface area (Å²) in [7, 11) is 0. The van der Waals surface area contributed by atoms with Gasteiger partial charge in [-0.2, -0.15) is 0 Å². The van der Waals surface area contributed by atoms with Gasteiger partial charge in [0.05, 0.1) is 19.6 Å². The Hall–Kier alpha value is 0.550. The van der Waals surface area contributed by atoms with Gasteiger partial charge in [-0.25, -0.2) is 0 Å². The summed E-state index contributed by atoms with van der Waals surface area (Å²) in [6.07, 6.45) is 4.85. The van der Waals surface area contributed by atoms with E-state index in [1.54, 1.807) is 0 Å². The number of hydrogen-bond acceptors (Lipinski definition) is 1. The van der Waals surface area contributed by atoms with Gasteiger partial charge in [0.25, 0.3) is 0 Å². The van der Waals surface area contributed by atoms with Crippen LogP contribution in [0.25, 0.3) is 0 Å². The lowest BCUT2D eigenvalue weighted by molar-refractivity contribution is -0.539. The quantitative estimate of drug-likeness (QED) is 0.404. The highest BCUT2D eigenvalue weighted by molar-refractivity contribution is 8.13. The van der Waals surface area contributed by atoms with Crippen LogP contribution in [0.1, 0.15) is 33.6 Å². The van der Waals surface area contributed by atoms with Gasteiger partial charge in [0.15, 0.2) is 0 Å². The highest BCUT2D eigenvalue weighted by Gasteiger charge is 2.19. The first-order valence-electron chi connectivity index (χ1n) is 6.03. The van der Waals surface area contributed by atoms with Gasteiger partial charge in [-0.1, -0.05) is 20.8 Å². The molecule has 16 heavy (non-hydrogen) atoms. The summed E-state index contributed by atoms with van der Waals surface area (Å²) in [6.45, 7) is 10.4. The number of nitrogens with zero attached hydrogens (tertiary/aromatic N) is 1. The van der Waals surface area contributed by atoms with Crippen LogP contribution in [0.3, 0.4) is 0 Å². The number of thioether (sulfide) groups is 1. The summed E-state index contributed by atoms with van der Waals surface area (Å²) in [5.74, 6) is 1.63. The molecule has 1 rings (SSSR count). The Balaban J connectivity index is 0.00000225. The van der Waals surface area contributed by atoms with Gasteiger partial charge in [0.2, 0.25) is 0 Å². The summed E-state index contributed by atoms with van der Waals surface area (Å²) in [6, 6.07) is 0. The van der Waals surface area contributed by atoms with E-state index in [1.807, 2.05) is 11.8 Å². The van der Waals surface area contributed by atoms with Crippen molar-refractivity contribution in [2.24, 2.45) is 11.8 Å². The van der Waals surface area contributed by atoms with Crippen molar-refractivity contribution >= 4 is 16.9 Å². The number of nitrogens with one attached hydrogen (secondary N) is 1. The van der Waals surface area contributed by atoms with Gasteiger partial charge in [0.1, 0.15) is 0 Å². The van der Waals surface area contributed by atoms with E-state index in [4.69, 9.17) is 0 Å². The molecule has 0 unspecified atom stereocenters. The zero-order valence-electron chi connectivity index (χ0n) is 10.9. The zero-order chi connectivity index (χ0) is 11.3. The highest BCUT2D eigenvalue weighted by atomic mass is 127. The third kappa shape index (κ3) is 5.75. The number of amidine groups is 1.